The molecule has 2 aliphatic rings. The van der Waals surface area contributed by atoms with Crippen molar-refractivity contribution in [2.24, 2.45) is 0 Å². The summed E-state index contributed by atoms with van der Waals surface area (Å²) in [6.45, 7) is 4.10. The zero-order valence-corrected chi connectivity index (χ0v) is 15.3. The normalized spacial score (nSPS) is 19.9. The molecular formula is C20H24N4O3. The summed E-state index contributed by atoms with van der Waals surface area (Å²) in [5.41, 5.74) is 0.657. The van der Waals surface area contributed by atoms with Gasteiger partial charge in [-0.1, -0.05) is 6.07 Å². The molecule has 1 aromatic heterocycles. The Morgan fingerprint density at radius 3 is 2.70 bits per heavy atom. The van der Waals surface area contributed by atoms with Crippen molar-refractivity contribution in [3.05, 3.63) is 48.3 Å². The first kappa shape index (κ1) is 17.7. The van der Waals surface area contributed by atoms with Gasteiger partial charge in [-0.25, -0.2) is 9.97 Å². The smallest absolute Gasteiger partial charge is 0.254 e. The summed E-state index contributed by atoms with van der Waals surface area (Å²) in [5.74, 6) is 1.47. The number of hydrogen-bond donors (Lipinski definition) is 0. The van der Waals surface area contributed by atoms with Crippen LogP contribution in [0, 0.1) is 0 Å². The van der Waals surface area contributed by atoms with E-state index in [0.29, 0.717) is 37.0 Å². The highest BCUT2D eigenvalue weighted by molar-refractivity contribution is 5.94. The number of nitrogens with zero attached hydrogens (tertiary/aromatic N) is 4. The highest BCUT2D eigenvalue weighted by Gasteiger charge is 2.23. The first-order chi connectivity index (χ1) is 13.3. The van der Waals surface area contributed by atoms with E-state index in [1.54, 1.807) is 18.5 Å². The molecule has 0 radical (unpaired) electrons. The minimum atomic E-state index is 0.0335. The Morgan fingerprint density at radius 2 is 1.96 bits per heavy atom. The summed E-state index contributed by atoms with van der Waals surface area (Å²) in [5, 5.41) is 0. The molecule has 7 heteroatoms. The minimum Gasteiger partial charge on any atom is -0.491 e. The summed E-state index contributed by atoms with van der Waals surface area (Å²) in [4.78, 5) is 25.4. The third-order valence-electron chi connectivity index (χ3n) is 4.94. The van der Waals surface area contributed by atoms with Crippen LogP contribution in [0.4, 0.5) is 5.95 Å². The molecule has 1 atom stereocenters. The maximum absolute atomic E-state index is 12.9. The van der Waals surface area contributed by atoms with Crippen LogP contribution in [0.5, 0.6) is 5.75 Å². The van der Waals surface area contributed by atoms with Crippen molar-refractivity contribution in [3.8, 4) is 5.75 Å². The number of amides is 1. The Balaban J connectivity index is 1.33. The van der Waals surface area contributed by atoms with E-state index in [9.17, 15) is 4.79 Å². The summed E-state index contributed by atoms with van der Waals surface area (Å²) in [7, 11) is 0. The molecule has 142 valence electrons. The van der Waals surface area contributed by atoms with Gasteiger partial charge in [-0.2, -0.15) is 0 Å². The summed E-state index contributed by atoms with van der Waals surface area (Å²) < 4.78 is 11.4. The second-order valence-electron chi connectivity index (χ2n) is 6.80. The minimum absolute atomic E-state index is 0.0335. The topological polar surface area (TPSA) is 67.8 Å². The van der Waals surface area contributed by atoms with Crippen LogP contribution in [0.1, 0.15) is 23.2 Å². The van der Waals surface area contributed by atoms with Crippen molar-refractivity contribution in [2.75, 3.05) is 44.3 Å². The number of carbonyl (C=O) groups is 1. The zero-order valence-electron chi connectivity index (χ0n) is 15.3. The molecule has 2 saturated heterocycles. The van der Waals surface area contributed by atoms with Crippen molar-refractivity contribution >= 4 is 11.9 Å². The zero-order chi connectivity index (χ0) is 18.5. The van der Waals surface area contributed by atoms with Gasteiger partial charge in [-0.15, -0.1) is 0 Å². The molecule has 1 aromatic carbocycles. The number of hydrogen-bond acceptors (Lipinski definition) is 6. The third-order valence-corrected chi connectivity index (χ3v) is 4.94. The molecule has 7 nitrogen and oxygen atoms in total. The standard InChI is InChI=1S/C20H24N4O3/c25-19(23-9-11-24(12-10-23)20-21-7-3-8-22-20)16-4-1-5-17(14-16)27-15-18-6-2-13-26-18/h1,3-5,7-8,14,18H,2,6,9-13,15H2. The summed E-state index contributed by atoms with van der Waals surface area (Å²) >= 11 is 0. The van der Waals surface area contributed by atoms with Crippen LogP contribution >= 0.6 is 0 Å². The summed E-state index contributed by atoms with van der Waals surface area (Å²) in [6.07, 6.45) is 5.77. The Bertz CT molecular complexity index is 757. The SMILES string of the molecule is O=C(c1cccc(OCC2CCCO2)c1)N1CCN(c2ncccn2)CC1. The van der Waals surface area contributed by atoms with Gasteiger partial charge in [-0.05, 0) is 37.1 Å². The number of piperazine rings is 1. The largest absolute Gasteiger partial charge is 0.491 e. The number of ether oxygens (including phenoxy) is 2. The van der Waals surface area contributed by atoms with E-state index in [1.165, 1.54) is 0 Å². The van der Waals surface area contributed by atoms with Crippen LogP contribution in [-0.4, -0.2) is 66.3 Å². The monoisotopic (exact) mass is 368 g/mol. The van der Waals surface area contributed by atoms with Gasteiger partial charge in [0.25, 0.3) is 5.91 Å². The van der Waals surface area contributed by atoms with E-state index in [4.69, 9.17) is 9.47 Å². The second kappa shape index (κ2) is 8.35. The van der Waals surface area contributed by atoms with Crippen LogP contribution in [0.25, 0.3) is 0 Å². The van der Waals surface area contributed by atoms with Crippen LogP contribution in [0.15, 0.2) is 42.7 Å². The van der Waals surface area contributed by atoms with Gasteiger partial charge in [0, 0.05) is 50.7 Å². The molecule has 3 heterocycles. The molecule has 0 spiro atoms. The molecular weight excluding hydrogens is 344 g/mol. The van der Waals surface area contributed by atoms with E-state index >= 15 is 0 Å². The lowest BCUT2D eigenvalue weighted by atomic mass is 10.1. The van der Waals surface area contributed by atoms with Gasteiger partial charge in [0.1, 0.15) is 12.4 Å². The van der Waals surface area contributed by atoms with E-state index in [-0.39, 0.29) is 12.0 Å². The van der Waals surface area contributed by atoms with Gasteiger partial charge >= 0.3 is 0 Å². The molecule has 2 fully saturated rings. The third kappa shape index (κ3) is 4.36. The maximum atomic E-state index is 12.9. The van der Waals surface area contributed by atoms with E-state index in [0.717, 1.165) is 32.5 Å². The average molecular weight is 368 g/mol. The van der Waals surface area contributed by atoms with Crippen LogP contribution in [0.2, 0.25) is 0 Å². The first-order valence-corrected chi connectivity index (χ1v) is 9.45. The first-order valence-electron chi connectivity index (χ1n) is 9.45. The van der Waals surface area contributed by atoms with Gasteiger partial charge in [-0.3, -0.25) is 4.79 Å². The lowest BCUT2D eigenvalue weighted by Gasteiger charge is -2.34. The second-order valence-corrected chi connectivity index (χ2v) is 6.80. The quantitative estimate of drug-likeness (QED) is 0.804. The lowest BCUT2D eigenvalue weighted by molar-refractivity contribution is 0.0677. The van der Waals surface area contributed by atoms with Crippen molar-refractivity contribution in [1.29, 1.82) is 0 Å². The number of rotatable bonds is 5. The molecule has 2 aromatic rings. The average Bonchev–Trinajstić information content (AvgIpc) is 3.26. The predicted octanol–water partition coefficient (Wildman–Crippen LogP) is 2.00. The Kier molecular flexibility index (Phi) is 5.48. The molecule has 0 aliphatic carbocycles. The fourth-order valence-corrected chi connectivity index (χ4v) is 3.43. The fourth-order valence-electron chi connectivity index (χ4n) is 3.43. The van der Waals surface area contributed by atoms with Crippen LogP contribution < -0.4 is 9.64 Å². The lowest BCUT2D eigenvalue weighted by Crippen LogP contribution is -2.49. The van der Waals surface area contributed by atoms with Crippen LogP contribution in [-0.2, 0) is 4.74 Å². The molecule has 2 aliphatic heterocycles. The molecule has 1 unspecified atom stereocenters. The number of benzene rings is 1. The molecule has 1 amide bonds. The van der Waals surface area contributed by atoms with Crippen LogP contribution in [0.3, 0.4) is 0 Å². The molecule has 0 saturated carbocycles. The van der Waals surface area contributed by atoms with E-state index < -0.39 is 0 Å². The Hall–Kier alpha value is -2.67. The fraction of sp³-hybridized carbons (Fsp3) is 0.450. The summed E-state index contributed by atoms with van der Waals surface area (Å²) in [6, 6.07) is 9.22. The number of anilines is 1. The highest BCUT2D eigenvalue weighted by atomic mass is 16.5. The Labute approximate surface area is 158 Å². The molecule has 27 heavy (non-hydrogen) atoms. The Morgan fingerprint density at radius 1 is 1.15 bits per heavy atom. The van der Waals surface area contributed by atoms with Gasteiger partial charge in [0.2, 0.25) is 5.95 Å². The van der Waals surface area contributed by atoms with Crippen molar-refractivity contribution in [2.45, 2.75) is 18.9 Å². The van der Waals surface area contributed by atoms with Gasteiger partial charge < -0.3 is 19.3 Å². The van der Waals surface area contributed by atoms with E-state index in [1.807, 2.05) is 29.2 Å². The van der Waals surface area contributed by atoms with Gasteiger partial charge in [0.15, 0.2) is 0 Å². The van der Waals surface area contributed by atoms with Gasteiger partial charge in [0.05, 0.1) is 6.10 Å². The van der Waals surface area contributed by atoms with Crippen molar-refractivity contribution in [3.63, 3.8) is 0 Å². The number of carbonyl (C=O) groups excluding carboxylic acids is 1. The molecule has 0 bridgehead atoms. The van der Waals surface area contributed by atoms with E-state index in [2.05, 4.69) is 14.9 Å². The maximum Gasteiger partial charge on any atom is 0.254 e. The predicted molar refractivity (Wildman–Crippen MR) is 101 cm³/mol. The number of aromatic nitrogens is 2. The molecule has 0 N–H and O–H groups in total. The van der Waals surface area contributed by atoms with Crippen molar-refractivity contribution < 1.29 is 14.3 Å². The molecule has 4 rings (SSSR count). The highest BCUT2D eigenvalue weighted by Crippen LogP contribution is 2.19. The van der Waals surface area contributed by atoms with Crippen molar-refractivity contribution in [1.82, 2.24) is 14.9 Å².